The van der Waals surface area contributed by atoms with Gasteiger partial charge in [-0.15, -0.1) is 11.3 Å². The van der Waals surface area contributed by atoms with Crippen molar-refractivity contribution in [1.82, 2.24) is 4.98 Å². The van der Waals surface area contributed by atoms with Gasteiger partial charge in [0, 0.05) is 22.8 Å². The molecule has 0 unspecified atom stereocenters. The van der Waals surface area contributed by atoms with Gasteiger partial charge in [-0.05, 0) is 19.1 Å². The number of thiazole rings is 1. The molecule has 0 aliphatic heterocycles. The molecule has 0 atom stereocenters. The number of anilines is 1. The number of aryl methyl sites for hydroxylation is 1. The zero-order chi connectivity index (χ0) is 13.8. The van der Waals surface area contributed by atoms with Gasteiger partial charge in [-0.3, -0.25) is 4.79 Å². The lowest BCUT2D eigenvalue weighted by atomic mass is 10.2. The summed E-state index contributed by atoms with van der Waals surface area (Å²) in [6.45, 7) is 2.25. The number of nitrogens with one attached hydrogen (secondary N) is 1. The van der Waals surface area contributed by atoms with E-state index in [9.17, 15) is 4.79 Å². The fourth-order valence-corrected chi connectivity index (χ4v) is 2.84. The zero-order valence-electron chi connectivity index (χ0n) is 10.6. The van der Waals surface area contributed by atoms with Gasteiger partial charge in [0.1, 0.15) is 4.88 Å². The molecule has 0 aliphatic rings. The average Bonchev–Trinajstić information content (AvgIpc) is 2.80. The Labute approximate surface area is 124 Å². The van der Waals surface area contributed by atoms with Crippen molar-refractivity contribution in [2.45, 2.75) is 13.5 Å². The number of amides is 1. The third-order valence-electron chi connectivity index (χ3n) is 2.61. The topological polar surface area (TPSA) is 51.2 Å². The number of aromatic nitrogens is 1. The Balaban J connectivity index is 2.26. The van der Waals surface area contributed by atoms with Crippen LogP contribution in [0, 0.1) is 6.92 Å². The van der Waals surface area contributed by atoms with E-state index in [-0.39, 0.29) is 5.91 Å². The summed E-state index contributed by atoms with van der Waals surface area (Å²) >= 11 is 4.79. The summed E-state index contributed by atoms with van der Waals surface area (Å²) in [6.07, 6.45) is 0. The normalized spacial score (nSPS) is 10.5. The summed E-state index contributed by atoms with van der Waals surface area (Å²) < 4.78 is 6.06. The first-order valence-corrected chi connectivity index (χ1v) is 7.28. The highest BCUT2D eigenvalue weighted by Gasteiger charge is 2.14. The number of rotatable bonds is 4. The third-order valence-corrected chi connectivity index (χ3v) is 4.28. The minimum absolute atomic E-state index is 0.143. The van der Waals surface area contributed by atoms with Crippen molar-refractivity contribution in [3.8, 4) is 0 Å². The molecule has 100 valence electrons. The predicted molar refractivity (Wildman–Crippen MR) is 79.7 cm³/mol. The van der Waals surface area contributed by atoms with Gasteiger partial charge in [-0.1, -0.05) is 22.0 Å². The van der Waals surface area contributed by atoms with E-state index in [1.54, 1.807) is 12.6 Å². The van der Waals surface area contributed by atoms with Gasteiger partial charge in [0.2, 0.25) is 0 Å². The van der Waals surface area contributed by atoms with Gasteiger partial charge < -0.3 is 10.1 Å². The summed E-state index contributed by atoms with van der Waals surface area (Å²) in [5.41, 5.74) is 4.07. The van der Waals surface area contributed by atoms with Gasteiger partial charge >= 0.3 is 0 Å². The highest BCUT2D eigenvalue weighted by Crippen LogP contribution is 2.26. The molecule has 0 radical (unpaired) electrons. The fraction of sp³-hybridized carbons (Fsp3) is 0.231. The number of nitrogens with zero attached hydrogens (tertiary/aromatic N) is 1. The molecule has 4 nitrogen and oxygen atoms in total. The van der Waals surface area contributed by atoms with E-state index in [4.69, 9.17) is 4.74 Å². The number of hydrogen-bond donors (Lipinski definition) is 1. The fourth-order valence-electron chi connectivity index (χ4n) is 1.67. The van der Waals surface area contributed by atoms with Crippen molar-refractivity contribution in [2.24, 2.45) is 0 Å². The third kappa shape index (κ3) is 3.20. The monoisotopic (exact) mass is 340 g/mol. The van der Waals surface area contributed by atoms with Gasteiger partial charge in [0.15, 0.2) is 0 Å². The Morgan fingerprint density at radius 1 is 1.53 bits per heavy atom. The first-order valence-electron chi connectivity index (χ1n) is 5.61. The van der Waals surface area contributed by atoms with Crippen LogP contribution in [0.3, 0.4) is 0 Å². The maximum Gasteiger partial charge on any atom is 0.267 e. The van der Waals surface area contributed by atoms with Crippen molar-refractivity contribution < 1.29 is 9.53 Å². The molecular weight excluding hydrogens is 328 g/mol. The Hall–Kier alpha value is -1.24. The largest absolute Gasteiger partial charge is 0.380 e. The first-order chi connectivity index (χ1) is 9.13. The number of benzene rings is 1. The Morgan fingerprint density at radius 3 is 2.95 bits per heavy atom. The maximum absolute atomic E-state index is 12.2. The first kappa shape index (κ1) is 14.2. The molecule has 0 bridgehead atoms. The molecule has 1 aromatic heterocycles. The molecule has 19 heavy (non-hydrogen) atoms. The number of hydrogen-bond acceptors (Lipinski definition) is 4. The summed E-state index contributed by atoms with van der Waals surface area (Å²) in [7, 11) is 1.62. The Bertz CT molecular complexity index is 598. The predicted octanol–water partition coefficient (Wildman–Crippen LogP) is 3.61. The SMILES string of the molecule is COCc1c(Br)cccc1NC(=O)c1scnc1C. The van der Waals surface area contributed by atoms with Crippen molar-refractivity contribution >= 4 is 38.9 Å². The van der Waals surface area contributed by atoms with E-state index in [1.807, 2.05) is 25.1 Å². The highest BCUT2D eigenvalue weighted by molar-refractivity contribution is 9.10. The van der Waals surface area contributed by atoms with Crippen LogP contribution < -0.4 is 5.32 Å². The highest BCUT2D eigenvalue weighted by atomic mass is 79.9. The van der Waals surface area contributed by atoms with Crippen LogP contribution in [-0.2, 0) is 11.3 Å². The van der Waals surface area contributed by atoms with Crippen LogP contribution in [0.25, 0.3) is 0 Å². The summed E-state index contributed by atoms with van der Waals surface area (Å²) in [6, 6.07) is 5.65. The molecule has 6 heteroatoms. The zero-order valence-corrected chi connectivity index (χ0v) is 13.0. The molecule has 0 saturated heterocycles. The standard InChI is InChI=1S/C13H13BrN2O2S/c1-8-12(19-7-15-8)13(17)16-11-5-3-4-10(14)9(11)6-18-2/h3-5,7H,6H2,1-2H3,(H,16,17). The van der Waals surface area contributed by atoms with Crippen LogP contribution in [0.5, 0.6) is 0 Å². The van der Waals surface area contributed by atoms with Crippen molar-refractivity contribution in [3.05, 3.63) is 44.3 Å². The lowest BCUT2D eigenvalue weighted by Gasteiger charge is -2.11. The maximum atomic E-state index is 12.2. The minimum Gasteiger partial charge on any atom is -0.380 e. The lowest BCUT2D eigenvalue weighted by Crippen LogP contribution is -2.13. The van der Waals surface area contributed by atoms with E-state index in [0.717, 1.165) is 21.4 Å². The smallest absolute Gasteiger partial charge is 0.267 e. The van der Waals surface area contributed by atoms with Crippen LogP contribution in [0.2, 0.25) is 0 Å². The van der Waals surface area contributed by atoms with Crippen LogP contribution in [0.4, 0.5) is 5.69 Å². The Kier molecular flexibility index (Phi) is 4.68. The van der Waals surface area contributed by atoms with Gasteiger partial charge in [0.25, 0.3) is 5.91 Å². The number of ether oxygens (including phenoxy) is 1. The van der Waals surface area contributed by atoms with E-state index < -0.39 is 0 Å². The van der Waals surface area contributed by atoms with E-state index in [1.165, 1.54) is 11.3 Å². The van der Waals surface area contributed by atoms with Gasteiger partial charge in [-0.25, -0.2) is 4.98 Å². The molecule has 2 rings (SSSR count). The van der Waals surface area contributed by atoms with Gasteiger partial charge in [0.05, 0.1) is 17.8 Å². The van der Waals surface area contributed by atoms with Crippen LogP contribution >= 0.6 is 27.3 Å². The molecule has 1 amide bonds. The van der Waals surface area contributed by atoms with Gasteiger partial charge in [-0.2, -0.15) is 0 Å². The van der Waals surface area contributed by atoms with E-state index in [2.05, 4.69) is 26.2 Å². The number of carbonyl (C=O) groups is 1. The second-order valence-corrected chi connectivity index (χ2v) is 5.63. The average molecular weight is 341 g/mol. The molecule has 2 aromatic rings. The molecular formula is C13H13BrN2O2S. The van der Waals surface area contributed by atoms with Crippen LogP contribution in [0.15, 0.2) is 28.2 Å². The molecule has 0 fully saturated rings. The second-order valence-electron chi connectivity index (χ2n) is 3.92. The number of halogens is 1. The van der Waals surface area contributed by atoms with Crippen molar-refractivity contribution in [3.63, 3.8) is 0 Å². The minimum atomic E-state index is -0.143. The summed E-state index contributed by atoms with van der Waals surface area (Å²) in [5, 5.41) is 2.90. The van der Waals surface area contributed by atoms with Crippen molar-refractivity contribution in [1.29, 1.82) is 0 Å². The quantitative estimate of drug-likeness (QED) is 0.924. The van der Waals surface area contributed by atoms with E-state index >= 15 is 0 Å². The lowest BCUT2D eigenvalue weighted by molar-refractivity contribution is 0.102. The second kappa shape index (κ2) is 6.27. The van der Waals surface area contributed by atoms with Crippen LogP contribution in [-0.4, -0.2) is 18.0 Å². The summed E-state index contributed by atoms with van der Waals surface area (Å²) in [4.78, 5) is 16.9. The molecule has 0 saturated carbocycles. The molecule has 0 aliphatic carbocycles. The molecule has 0 spiro atoms. The Morgan fingerprint density at radius 2 is 2.32 bits per heavy atom. The van der Waals surface area contributed by atoms with E-state index in [0.29, 0.717) is 11.5 Å². The molecule has 1 aromatic carbocycles. The summed E-state index contributed by atoms with van der Waals surface area (Å²) in [5.74, 6) is -0.143. The molecule has 1 N–H and O–H groups in total. The van der Waals surface area contributed by atoms with Crippen molar-refractivity contribution in [2.75, 3.05) is 12.4 Å². The molecule has 1 heterocycles. The number of carbonyl (C=O) groups excluding carboxylic acids is 1. The van der Waals surface area contributed by atoms with Crippen LogP contribution in [0.1, 0.15) is 20.9 Å². The number of methoxy groups -OCH3 is 1.